The first-order valence-corrected chi connectivity index (χ1v) is 11.9. The number of nitrogens with zero attached hydrogens (tertiary/aromatic N) is 3. The number of anilines is 1. The molecule has 0 radical (unpaired) electrons. The number of aromatic nitrogens is 1. The molecule has 1 atom stereocenters. The number of carbonyl (C=O) groups excluding carboxylic acids is 1. The highest BCUT2D eigenvalue weighted by Crippen LogP contribution is 2.31. The minimum absolute atomic E-state index is 0.117. The van der Waals surface area contributed by atoms with E-state index in [1.165, 1.54) is 11.1 Å². The zero-order valence-corrected chi connectivity index (χ0v) is 20.8. The van der Waals surface area contributed by atoms with Gasteiger partial charge in [-0.25, -0.2) is 4.98 Å². The van der Waals surface area contributed by atoms with Crippen LogP contribution in [0, 0.1) is 0 Å². The Hall–Kier alpha value is -3.31. The number of hydrogen-bond donors (Lipinski definition) is 1. The molecule has 1 aliphatic heterocycles. The Bertz CT molecular complexity index is 1090. The number of hydrogen-bond acceptors (Lipinski definition) is 5. The summed E-state index contributed by atoms with van der Waals surface area (Å²) in [5.41, 5.74) is 12.0. The van der Waals surface area contributed by atoms with Crippen LogP contribution in [0.15, 0.2) is 77.5 Å². The lowest BCUT2D eigenvalue weighted by Gasteiger charge is -2.37. The second-order valence-corrected chi connectivity index (χ2v) is 9.04. The van der Waals surface area contributed by atoms with Crippen molar-refractivity contribution in [1.82, 2.24) is 9.88 Å². The van der Waals surface area contributed by atoms with Crippen molar-refractivity contribution in [1.29, 1.82) is 0 Å². The number of carbonyl (C=O) groups is 1. The minimum Gasteiger partial charge on any atom is -0.384 e. The molecule has 0 spiro atoms. The molecular weight excluding hydrogens is 420 g/mol. The van der Waals surface area contributed by atoms with Crippen LogP contribution < -0.4 is 5.73 Å². The predicted octanol–water partition coefficient (Wildman–Crippen LogP) is 5.72. The number of nitrogens with two attached hydrogens (primary N) is 1. The molecule has 0 saturated carbocycles. The summed E-state index contributed by atoms with van der Waals surface area (Å²) in [4.78, 5) is 22.4. The van der Waals surface area contributed by atoms with Gasteiger partial charge >= 0.3 is 0 Å². The fraction of sp³-hybridized carbons (Fsp3) is 0.345. The van der Waals surface area contributed by atoms with E-state index in [0.717, 1.165) is 48.2 Å². The highest BCUT2D eigenvalue weighted by atomic mass is 16.1. The molecule has 1 aliphatic rings. The van der Waals surface area contributed by atoms with Gasteiger partial charge in [-0.2, -0.15) is 0 Å². The maximum absolute atomic E-state index is 11.5. The van der Waals surface area contributed by atoms with Gasteiger partial charge in [0, 0.05) is 36.6 Å². The lowest BCUT2D eigenvalue weighted by molar-refractivity contribution is 0.101. The van der Waals surface area contributed by atoms with E-state index in [-0.39, 0.29) is 5.78 Å². The number of Topliss-reactive ketones (excluding diaryl/α,β-unsaturated/α-hetero) is 1. The first-order valence-electron chi connectivity index (χ1n) is 11.9. The monoisotopic (exact) mass is 456 g/mol. The molecule has 0 bridgehead atoms. The maximum atomic E-state index is 11.5. The van der Waals surface area contributed by atoms with Crippen molar-refractivity contribution in [3.63, 3.8) is 0 Å². The molecule has 3 rings (SSSR count). The Morgan fingerprint density at radius 3 is 2.35 bits per heavy atom. The number of allylic oxidation sites excluding steroid dienone is 4. The van der Waals surface area contributed by atoms with Gasteiger partial charge in [-0.05, 0) is 87.5 Å². The number of rotatable bonds is 8. The normalized spacial score (nSPS) is 17.2. The largest absolute Gasteiger partial charge is 0.384 e. The molecule has 1 fully saturated rings. The molecule has 178 valence electrons. The molecule has 5 heteroatoms. The molecule has 2 heterocycles. The van der Waals surface area contributed by atoms with Crippen LogP contribution in [0.1, 0.15) is 61.0 Å². The fourth-order valence-corrected chi connectivity index (χ4v) is 4.47. The van der Waals surface area contributed by atoms with Crippen LogP contribution in [0.5, 0.6) is 0 Å². The lowest BCUT2D eigenvalue weighted by Crippen LogP contribution is -2.40. The maximum Gasteiger partial charge on any atom is 0.159 e. The van der Waals surface area contributed by atoms with E-state index in [9.17, 15) is 4.79 Å². The van der Waals surface area contributed by atoms with Crippen LogP contribution in [-0.2, 0) is 0 Å². The van der Waals surface area contributed by atoms with Gasteiger partial charge in [0.05, 0.1) is 0 Å². The highest BCUT2D eigenvalue weighted by molar-refractivity contribution is 5.94. The smallest absolute Gasteiger partial charge is 0.159 e. The second kappa shape index (κ2) is 11.7. The molecule has 5 nitrogen and oxygen atoms in total. The third-order valence-corrected chi connectivity index (χ3v) is 6.76. The topological polar surface area (TPSA) is 71.6 Å². The molecule has 0 aliphatic carbocycles. The van der Waals surface area contributed by atoms with Gasteiger partial charge in [0.2, 0.25) is 0 Å². The summed E-state index contributed by atoms with van der Waals surface area (Å²) in [6.45, 7) is 12.5. The van der Waals surface area contributed by atoms with Crippen molar-refractivity contribution in [3.05, 3.63) is 89.2 Å². The van der Waals surface area contributed by atoms with Crippen LogP contribution in [-0.4, -0.2) is 48.1 Å². The zero-order chi connectivity index (χ0) is 24.7. The van der Waals surface area contributed by atoms with Gasteiger partial charge in [-0.15, -0.1) is 0 Å². The Balaban J connectivity index is 1.66. The van der Waals surface area contributed by atoms with E-state index >= 15 is 0 Å². The van der Waals surface area contributed by atoms with E-state index in [1.54, 1.807) is 32.4 Å². The van der Waals surface area contributed by atoms with Crippen LogP contribution in [0.2, 0.25) is 0 Å². The quantitative estimate of drug-likeness (QED) is 0.313. The van der Waals surface area contributed by atoms with Crippen molar-refractivity contribution in [2.45, 2.75) is 45.6 Å². The third-order valence-electron chi connectivity index (χ3n) is 6.76. The van der Waals surface area contributed by atoms with Gasteiger partial charge < -0.3 is 5.73 Å². The Kier molecular flexibility index (Phi) is 8.72. The molecule has 34 heavy (non-hydrogen) atoms. The summed E-state index contributed by atoms with van der Waals surface area (Å²) in [5.74, 6) is 1.16. The molecule has 1 aromatic heterocycles. The summed E-state index contributed by atoms with van der Waals surface area (Å²) in [6.07, 6.45) is 9.92. The molecule has 1 aromatic carbocycles. The number of benzene rings is 1. The molecule has 0 amide bonds. The summed E-state index contributed by atoms with van der Waals surface area (Å²) >= 11 is 0. The second-order valence-electron chi connectivity index (χ2n) is 9.04. The van der Waals surface area contributed by atoms with Gasteiger partial charge in [0.15, 0.2) is 5.78 Å². The van der Waals surface area contributed by atoms with Crippen molar-refractivity contribution in [2.24, 2.45) is 4.99 Å². The average molecular weight is 457 g/mol. The van der Waals surface area contributed by atoms with Crippen LogP contribution in [0.25, 0.3) is 5.57 Å². The standard InChI is InChI=1S/C29H36N4O/c1-20(18-21(2)28(12-15-31-5)27-10-11-29(30)32-19-27)22(3)33-16-13-26(14-17-33)25-8-6-24(7-9-25)23(4)34/h6-12,15,18-19,22,26H,2,13-14,16-17H2,1,3-5H3,(H2,30,32)/b20-18+,28-12+,31-15?. The zero-order valence-electron chi connectivity index (χ0n) is 20.8. The highest BCUT2D eigenvalue weighted by Gasteiger charge is 2.24. The van der Waals surface area contributed by atoms with Gasteiger partial charge in [0.25, 0.3) is 0 Å². The van der Waals surface area contributed by atoms with E-state index in [0.29, 0.717) is 17.8 Å². The minimum atomic E-state index is 0.117. The Morgan fingerprint density at radius 1 is 1.15 bits per heavy atom. The first kappa shape index (κ1) is 25.3. The molecule has 1 saturated heterocycles. The average Bonchev–Trinajstić information content (AvgIpc) is 2.85. The van der Waals surface area contributed by atoms with Crippen molar-refractivity contribution in [3.8, 4) is 0 Å². The Labute approximate surface area is 203 Å². The molecule has 2 aromatic rings. The number of pyridine rings is 1. The van der Waals surface area contributed by atoms with Gasteiger partial charge in [-0.1, -0.05) is 42.5 Å². The van der Waals surface area contributed by atoms with Crippen molar-refractivity contribution < 1.29 is 4.79 Å². The fourth-order valence-electron chi connectivity index (χ4n) is 4.47. The summed E-state index contributed by atoms with van der Waals surface area (Å²) < 4.78 is 0. The summed E-state index contributed by atoms with van der Waals surface area (Å²) in [5, 5.41) is 0. The number of likely N-dealkylation sites (tertiary alicyclic amines) is 1. The number of ketones is 1. The van der Waals surface area contributed by atoms with E-state index in [4.69, 9.17) is 5.73 Å². The van der Waals surface area contributed by atoms with Gasteiger partial charge in [0.1, 0.15) is 5.82 Å². The Morgan fingerprint density at radius 2 is 1.79 bits per heavy atom. The molecule has 1 unspecified atom stereocenters. The van der Waals surface area contributed by atoms with Gasteiger partial charge in [-0.3, -0.25) is 14.7 Å². The third kappa shape index (κ3) is 6.39. The van der Waals surface area contributed by atoms with Crippen LogP contribution in [0.4, 0.5) is 5.82 Å². The van der Waals surface area contributed by atoms with E-state index in [1.807, 2.05) is 24.3 Å². The van der Waals surface area contributed by atoms with Crippen LogP contribution >= 0.6 is 0 Å². The first-order chi connectivity index (χ1) is 16.3. The molecule has 2 N–H and O–H groups in total. The predicted molar refractivity (Wildman–Crippen MR) is 143 cm³/mol. The number of aliphatic imine (C=N–C) groups is 1. The number of piperidine rings is 1. The molecular formula is C29H36N4O. The summed E-state index contributed by atoms with van der Waals surface area (Å²) in [7, 11) is 1.75. The van der Waals surface area contributed by atoms with E-state index in [2.05, 4.69) is 53.5 Å². The van der Waals surface area contributed by atoms with E-state index < -0.39 is 0 Å². The SMILES string of the molecule is C=C(/C=C(\C)C(C)N1CCC(c2ccc(C(C)=O)cc2)CC1)/C(=C\C=NC)c1ccc(N)nc1. The van der Waals surface area contributed by atoms with Crippen LogP contribution in [0.3, 0.4) is 0 Å². The lowest BCUT2D eigenvalue weighted by atomic mass is 9.87. The number of nitrogen functional groups attached to an aromatic ring is 1. The van der Waals surface area contributed by atoms with Crippen molar-refractivity contribution in [2.75, 3.05) is 25.9 Å². The summed E-state index contributed by atoms with van der Waals surface area (Å²) in [6, 6.07) is 12.2. The van der Waals surface area contributed by atoms with Crippen molar-refractivity contribution >= 4 is 23.4 Å².